The molecule has 1 aromatic carbocycles. The summed E-state index contributed by atoms with van der Waals surface area (Å²) < 4.78 is 4.75. The average molecular weight is 355 g/mol. The van der Waals surface area contributed by atoms with E-state index in [1.165, 1.54) is 24.9 Å². The van der Waals surface area contributed by atoms with E-state index in [0.29, 0.717) is 10.9 Å². The molecule has 25 heavy (non-hydrogen) atoms. The van der Waals surface area contributed by atoms with Gasteiger partial charge >= 0.3 is 5.97 Å². The molecule has 3 rings (SSSR count). The zero-order valence-electron chi connectivity index (χ0n) is 14.1. The van der Waals surface area contributed by atoms with Gasteiger partial charge in [0, 0.05) is 10.9 Å². The number of methoxy groups -OCH3 is 1. The molecule has 1 unspecified atom stereocenters. The zero-order chi connectivity index (χ0) is 18.0. The lowest BCUT2D eigenvalue weighted by Gasteiger charge is -2.11. The first-order valence-corrected chi connectivity index (χ1v) is 8.59. The van der Waals surface area contributed by atoms with Crippen LogP contribution in [0.3, 0.4) is 0 Å². The lowest BCUT2D eigenvalue weighted by atomic mass is 10.1. The van der Waals surface area contributed by atoms with Gasteiger partial charge in [-0.1, -0.05) is 42.1 Å². The lowest BCUT2D eigenvalue weighted by molar-refractivity contribution is 0.0602. The number of nitrogens with zero attached hydrogens (tertiary/aromatic N) is 2. The fourth-order valence-corrected chi connectivity index (χ4v) is 3.45. The predicted molar refractivity (Wildman–Crippen MR) is 96.9 cm³/mol. The van der Waals surface area contributed by atoms with Crippen molar-refractivity contribution in [2.45, 2.75) is 24.3 Å². The smallest absolute Gasteiger partial charge is 0.338 e. The summed E-state index contributed by atoms with van der Waals surface area (Å²) in [6, 6.07) is 11.5. The fraction of sp³-hybridized carbons (Fsp3) is 0.222. The molecule has 0 saturated heterocycles. The number of carbonyl (C=O) groups is 1. The Bertz CT molecular complexity index is 986. The van der Waals surface area contributed by atoms with Crippen LogP contribution < -0.4 is 5.56 Å². The van der Waals surface area contributed by atoms with E-state index in [4.69, 9.17) is 4.74 Å². The Morgan fingerprint density at radius 3 is 2.64 bits per heavy atom. The van der Waals surface area contributed by atoms with Crippen molar-refractivity contribution in [3.63, 3.8) is 0 Å². The van der Waals surface area contributed by atoms with Gasteiger partial charge in [0.2, 0.25) is 0 Å². The Hall–Kier alpha value is -2.67. The number of hydrogen-bond acceptors (Lipinski definition) is 6. The molecule has 128 valence electrons. The molecule has 0 bridgehead atoms. The molecule has 0 saturated carbocycles. The normalized spacial score (nSPS) is 12.1. The average Bonchev–Trinajstić information content (AvgIpc) is 2.60. The number of nitrogens with one attached hydrogen (secondary N) is 1. The number of carbonyl (C=O) groups excluding carboxylic acids is 1. The third-order valence-electron chi connectivity index (χ3n) is 3.75. The minimum absolute atomic E-state index is 0.103. The van der Waals surface area contributed by atoms with Gasteiger partial charge in [0.25, 0.3) is 5.56 Å². The van der Waals surface area contributed by atoms with E-state index in [1.54, 1.807) is 6.92 Å². The summed E-state index contributed by atoms with van der Waals surface area (Å²) in [6.07, 6.45) is 0. The van der Waals surface area contributed by atoms with Crippen molar-refractivity contribution < 1.29 is 9.53 Å². The van der Waals surface area contributed by atoms with Crippen LogP contribution in [-0.2, 0) is 4.74 Å². The molecule has 0 fully saturated rings. The monoisotopic (exact) mass is 355 g/mol. The Morgan fingerprint density at radius 1 is 1.24 bits per heavy atom. The van der Waals surface area contributed by atoms with Gasteiger partial charge in [0.05, 0.1) is 18.1 Å². The van der Waals surface area contributed by atoms with Crippen molar-refractivity contribution in [1.82, 2.24) is 15.0 Å². The Labute approximate surface area is 148 Å². The summed E-state index contributed by atoms with van der Waals surface area (Å²) in [5.74, 6) is -0.583. The number of aromatic amines is 1. The molecule has 0 amide bonds. The van der Waals surface area contributed by atoms with E-state index in [0.717, 1.165) is 5.56 Å². The third-order valence-corrected chi connectivity index (χ3v) is 4.79. The number of hydrogen-bond donors (Lipinski definition) is 1. The summed E-state index contributed by atoms with van der Waals surface area (Å²) in [5, 5.41) is 0.712. The van der Waals surface area contributed by atoms with Crippen molar-refractivity contribution >= 4 is 28.8 Å². The summed E-state index contributed by atoms with van der Waals surface area (Å²) in [5.41, 5.74) is 1.74. The van der Waals surface area contributed by atoms with Gasteiger partial charge in [-0.15, -0.1) is 0 Å². The zero-order valence-corrected chi connectivity index (χ0v) is 14.9. The SMILES string of the molecule is COC(=O)c1cc(C)nc2nc(SC(C)c3ccccc3)[nH]c(=O)c12. The standard InChI is InChI=1S/C18H17N3O3S/c1-10-9-13(17(23)24-3)14-15(19-10)20-18(21-16(14)22)25-11(2)12-7-5-4-6-8-12/h4-9,11H,1-3H3,(H,19,20,21,22). The van der Waals surface area contributed by atoms with Crippen LogP contribution in [0.25, 0.3) is 11.0 Å². The first kappa shape index (κ1) is 17.2. The number of esters is 1. The van der Waals surface area contributed by atoms with Crippen LogP contribution >= 0.6 is 11.8 Å². The molecular weight excluding hydrogens is 338 g/mol. The second kappa shape index (κ2) is 7.06. The van der Waals surface area contributed by atoms with Gasteiger partial charge in [0.15, 0.2) is 10.8 Å². The third kappa shape index (κ3) is 3.56. The highest BCUT2D eigenvalue weighted by Crippen LogP contribution is 2.32. The van der Waals surface area contributed by atoms with Crippen molar-refractivity contribution in [3.05, 3.63) is 63.6 Å². The molecule has 0 aliphatic carbocycles. The molecule has 2 heterocycles. The number of pyridine rings is 1. The maximum Gasteiger partial charge on any atom is 0.338 e. The van der Waals surface area contributed by atoms with E-state index in [-0.39, 0.29) is 21.8 Å². The van der Waals surface area contributed by atoms with E-state index in [1.807, 2.05) is 37.3 Å². The Balaban J connectivity index is 2.05. The van der Waals surface area contributed by atoms with Crippen LogP contribution in [0.4, 0.5) is 0 Å². The topological polar surface area (TPSA) is 84.9 Å². The van der Waals surface area contributed by atoms with Crippen LogP contribution in [0.15, 0.2) is 46.3 Å². The number of ether oxygens (including phenoxy) is 1. The minimum Gasteiger partial charge on any atom is -0.465 e. The number of aromatic nitrogens is 3. The summed E-state index contributed by atoms with van der Waals surface area (Å²) >= 11 is 1.43. The number of aryl methyl sites for hydroxylation is 1. The van der Waals surface area contributed by atoms with Gasteiger partial charge in [-0.2, -0.15) is 0 Å². The van der Waals surface area contributed by atoms with Crippen molar-refractivity contribution in [2.75, 3.05) is 7.11 Å². The molecule has 0 aliphatic heterocycles. The number of benzene rings is 1. The molecule has 2 aromatic heterocycles. The molecule has 1 atom stereocenters. The second-order valence-electron chi connectivity index (χ2n) is 5.54. The highest BCUT2D eigenvalue weighted by molar-refractivity contribution is 7.99. The number of fused-ring (bicyclic) bond motifs is 1. The summed E-state index contributed by atoms with van der Waals surface area (Å²) in [7, 11) is 1.28. The Kier molecular flexibility index (Phi) is 4.85. The van der Waals surface area contributed by atoms with Crippen LogP contribution in [-0.4, -0.2) is 28.0 Å². The van der Waals surface area contributed by atoms with E-state index in [9.17, 15) is 9.59 Å². The van der Waals surface area contributed by atoms with Crippen LogP contribution in [0.5, 0.6) is 0 Å². The molecule has 0 radical (unpaired) electrons. The van der Waals surface area contributed by atoms with Crippen molar-refractivity contribution in [3.8, 4) is 0 Å². The maximum atomic E-state index is 12.5. The Morgan fingerprint density at radius 2 is 1.96 bits per heavy atom. The first-order valence-electron chi connectivity index (χ1n) is 7.71. The number of H-pyrrole nitrogens is 1. The minimum atomic E-state index is -0.583. The highest BCUT2D eigenvalue weighted by atomic mass is 32.2. The molecule has 7 heteroatoms. The quantitative estimate of drug-likeness (QED) is 0.439. The van der Waals surface area contributed by atoms with Gasteiger partial charge < -0.3 is 9.72 Å². The van der Waals surface area contributed by atoms with Gasteiger partial charge in [-0.05, 0) is 25.5 Å². The highest BCUT2D eigenvalue weighted by Gasteiger charge is 2.18. The number of rotatable bonds is 4. The van der Waals surface area contributed by atoms with Crippen LogP contribution in [0.2, 0.25) is 0 Å². The van der Waals surface area contributed by atoms with E-state index < -0.39 is 11.5 Å². The molecular formula is C18H17N3O3S. The van der Waals surface area contributed by atoms with Crippen molar-refractivity contribution in [1.29, 1.82) is 0 Å². The van der Waals surface area contributed by atoms with E-state index in [2.05, 4.69) is 15.0 Å². The fourth-order valence-electron chi connectivity index (χ4n) is 2.53. The first-order chi connectivity index (χ1) is 12.0. The second-order valence-corrected chi connectivity index (χ2v) is 6.87. The van der Waals surface area contributed by atoms with Gasteiger partial charge in [-0.3, -0.25) is 4.79 Å². The molecule has 1 N–H and O–H groups in total. The predicted octanol–water partition coefficient (Wildman–Crippen LogP) is 3.27. The lowest BCUT2D eigenvalue weighted by Crippen LogP contribution is -2.16. The maximum absolute atomic E-state index is 12.5. The molecule has 0 aliphatic rings. The van der Waals surface area contributed by atoms with Crippen LogP contribution in [0.1, 0.15) is 33.8 Å². The van der Waals surface area contributed by atoms with Crippen molar-refractivity contribution in [2.24, 2.45) is 0 Å². The summed E-state index contributed by atoms with van der Waals surface area (Å²) in [4.78, 5) is 35.9. The number of thioether (sulfide) groups is 1. The van der Waals surface area contributed by atoms with Gasteiger partial charge in [0.1, 0.15) is 0 Å². The molecule has 6 nitrogen and oxygen atoms in total. The molecule has 3 aromatic rings. The van der Waals surface area contributed by atoms with E-state index >= 15 is 0 Å². The summed E-state index contributed by atoms with van der Waals surface area (Å²) in [6.45, 7) is 3.78. The van der Waals surface area contributed by atoms with Crippen LogP contribution in [0, 0.1) is 6.92 Å². The van der Waals surface area contributed by atoms with Gasteiger partial charge in [-0.25, -0.2) is 14.8 Å². The molecule has 0 spiro atoms. The largest absolute Gasteiger partial charge is 0.465 e.